The Morgan fingerprint density at radius 3 is 3.06 bits per heavy atom. The summed E-state index contributed by atoms with van der Waals surface area (Å²) in [5, 5.41) is 6.80. The van der Waals surface area contributed by atoms with Gasteiger partial charge in [-0.3, -0.25) is 0 Å². The summed E-state index contributed by atoms with van der Waals surface area (Å²) < 4.78 is 5.43. The van der Waals surface area contributed by atoms with E-state index in [9.17, 15) is 0 Å². The smallest absolute Gasteiger partial charge is 0.143 e. The van der Waals surface area contributed by atoms with E-state index < -0.39 is 0 Å². The Morgan fingerprint density at radius 2 is 2.35 bits per heavy atom. The monoisotopic (exact) mass is 252 g/mol. The Kier molecular flexibility index (Phi) is 4.18. The van der Waals surface area contributed by atoms with Crippen molar-refractivity contribution < 1.29 is 4.74 Å². The van der Waals surface area contributed by atoms with Gasteiger partial charge in [0.05, 0.1) is 12.8 Å². The van der Waals surface area contributed by atoms with Gasteiger partial charge in [-0.25, -0.2) is 0 Å². The maximum Gasteiger partial charge on any atom is 0.143 e. The molecule has 3 nitrogen and oxygen atoms in total. The van der Waals surface area contributed by atoms with Gasteiger partial charge in [0.2, 0.25) is 0 Å². The number of benzene rings is 1. The van der Waals surface area contributed by atoms with Gasteiger partial charge in [0.25, 0.3) is 0 Å². The highest BCUT2D eigenvalue weighted by Gasteiger charge is 2.22. The second kappa shape index (κ2) is 5.65. The van der Waals surface area contributed by atoms with E-state index in [-0.39, 0.29) is 0 Å². The zero-order valence-electron chi connectivity index (χ0n) is 10.7. The molecule has 1 aromatic rings. The molecule has 94 valence electrons. The Hall–Kier alpha value is -0.870. The van der Waals surface area contributed by atoms with Crippen molar-refractivity contribution in [1.82, 2.24) is 5.32 Å². The number of aryl methyl sites for hydroxylation is 1. The molecule has 1 aromatic carbocycles. The standard InChI is InChI=1S/C13H20N2OS/c1-9-4-5-11(16-3)12-13(9)17-8-10(15-12)6-7-14-2/h4-5,10,14-15H,6-8H2,1-3H3. The topological polar surface area (TPSA) is 33.3 Å². The third-order valence-corrected chi connectivity index (χ3v) is 4.44. The second-order valence-electron chi connectivity index (χ2n) is 4.33. The SMILES string of the molecule is CNCCC1CSc2c(C)ccc(OC)c2N1. The van der Waals surface area contributed by atoms with Crippen molar-refractivity contribution in [1.29, 1.82) is 0 Å². The summed E-state index contributed by atoms with van der Waals surface area (Å²) in [6, 6.07) is 4.69. The molecule has 0 saturated heterocycles. The molecule has 1 aliphatic rings. The summed E-state index contributed by atoms with van der Waals surface area (Å²) in [4.78, 5) is 1.34. The van der Waals surface area contributed by atoms with Gasteiger partial charge in [0, 0.05) is 16.7 Å². The largest absolute Gasteiger partial charge is 0.495 e. The van der Waals surface area contributed by atoms with Crippen LogP contribution in [0.2, 0.25) is 0 Å². The van der Waals surface area contributed by atoms with Gasteiger partial charge in [0.15, 0.2) is 0 Å². The van der Waals surface area contributed by atoms with Crippen LogP contribution in [0, 0.1) is 6.92 Å². The summed E-state index contributed by atoms with van der Waals surface area (Å²) >= 11 is 1.93. The molecule has 1 unspecified atom stereocenters. The fourth-order valence-electron chi connectivity index (χ4n) is 2.07. The lowest BCUT2D eigenvalue weighted by Crippen LogP contribution is -2.29. The lowest BCUT2D eigenvalue weighted by molar-refractivity contribution is 0.414. The number of rotatable bonds is 4. The fraction of sp³-hybridized carbons (Fsp3) is 0.538. The van der Waals surface area contributed by atoms with Crippen LogP contribution < -0.4 is 15.4 Å². The molecule has 0 saturated carbocycles. The number of nitrogens with one attached hydrogen (secondary N) is 2. The van der Waals surface area contributed by atoms with Gasteiger partial charge in [-0.15, -0.1) is 11.8 Å². The van der Waals surface area contributed by atoms with Crippen molar-refractivity contribution >= 4 is 17.4 Å². The van der Waals surface area contributed by atoms with Crippen LogP contribution in [-0.2, 0) is 0 Å². The van der Waals surface area contributed by atoms with Crippen LogP contribution in [0.15, 0.2) is 17.0 Å². The van der Waals surface area contributed by atoms with E-state index in [0.717, 1.165) is 24.5 Å². The second-order valence-corrected chi connectivity index (χ2v) is 5.36. The van der Waals surface area contributed by atoms with Gasteiger partial charge < -0.3 is 15.4 Å². The zero-order valence-corrected chi connectivity index (χ0v) is 11.5. The van der Waals surface area contributed by atoms with Crippen LogP contribution in [-0.4, -0.2) is 32.5 Å². The number of anilines is 1. The average molecular weight is 252 g/mol. The maximum atomic E-state index is 5.43. The van der Waals surface area contributed by atoms with Crippen LogP contribution >= 0.6 is 11.8 Å². The molecule has 0 fully saturated rings. The number of methoxy groups -OCH3 is 1. The number of hydrogen-bond donors (Lipinski definition) is 2. The van der Waals surface area contributed by atoms with Gasteiger partial charge in [0.1, 0.15) is 5.75 Å². The Bertz CT molecular complexity index is 395. The molecule has 0 spiro atoms. The van der Waals surface area contributed by atoms with E-state index in [1.165, 1.54) is 16.1 Å². The van der Waals surface area contributed by atoms with Gasteiger partial charge in [-0.2, -0.15) is 0 Å². The minimum atomic E-state index is 0.524. The Balaban J connectivity index is 2.20. The highest BCUT2D eigenvalue weighted by atomic mass is 32.2. The highest BCUT2D eigenvalue weighted by Crippen LogP contribution is 2.42. The number of fused-ring (bicyclic) bond motifs is 1. The summed E-state index contributed by atoms with van der Waals surface area (Å²) in [6.07, 6.45) is 1.14. The summed E-state index contributed by atoms with van der Waals surface area (Å²) in [5.41, 5.74) is 2.50. The van der Waals surface area contributed by atoms with Gasteiger partial charge >= 0.3 is 0 Å². The van der Waals surface area contributed by atoms with Crippen molar-refractivity contribution in [2.75, 3.05) is 31.8 Å². The van der Waals surface area contributed by atoms with Gasteiger partial charge in [-0.1, -0.05) is 6.07 Å². The molecule has 4 heteroatoms. The van der Waals surface area contributed by atoms with Crippen molar-refractivity contribution in [3.63, 3.8) is 0 Å². The van der Waals surface area contributed by atoms with E-state index >= 15 is 0 Å². The maximum absolute atomic E-state index is 5.43. The lowest BCUT2D eigenvalue weighted by atomic mass is 10.1. The molecular formula is C13H20N2OS. The molecule has 1 heterocycles. The molecule has 2 rings (SSSR count). The first-order valence-electron chi connectivity index (χ1n) is 5.97. The third kappa shape index (κ3) is 2.69. The minimum Gasteiger partial charge on any atom is -0.495 e. The van der Waals surface area contributed by atoms with E-state index in [1.807, 2.05) is 24.9 Å². The van der Waals surface area contributed by atoms with E-state index in [4.69, 9.17) is 4.74 Å². The molecular weight excluding hydrogens is 232 g/mol. The van der Waals surface area contributed by atoms with E-state index in [2.05, 4.69) is 23.6 Å². The predicted molar refractivity (Wildman–Crippen MR) is 74.4 cm³/mol. The molecule has 0 bridgehead atoms. The van der Waals surface area contributed by atoms with Crippen molar-refractivity contribution in [2.45, 2.75) is 24.3 Å². The number of hydrogen-bond acceptors (Lipinski definition) is 4. The number of thioether (sulfide) groups is 1. The molecule has 1 atom stereocenters. The molecule has 0 amide bonds. The van der Waals surface area contributed by atoms with Gasteiger partial charge in [-0.05, 0) is 38.6 Å². The first-order chi connectivity index (χ1) is 8.26. The first kappa shape index (κ1) is 12.6. The molecule has 1 aliphatic heterocycles. The summed E-state index contributed by atoms with van der Waals surface area (Å²) in [6.45, 7) is 3.20. The van der Waals surface area contributed by atoms with Crippen molar-refractivity contribution in [3.05, 3.63) is 17.7 Å². The third-order valence-electron chi connectivity index (χ3n) is 3.06. The molecule has 17 heavy (non-hydrogen) atoms. The first-order valence-corrected chi connectivity index (χ1v) is 6.96. The summed E-state index contributed by atoms with van der Waals surface area (Å²) in [7, 11) is 3.73. The molecule has 0 aromatic heterocycles. The van der Waals surface area contributed by atoms with Crippen molar-refractivity contribution in [3.8, 4) is 5.75 Å². The van der Waals surface area contributed by atoms with Crippen LogP contribution in [0.25, 0.3) is 0 Å². The normalized spacial score (nSPS) is 18.4. The molecule has 2 N–H and O–H groups in total. The number of ether oxygens (including phenoxy) is 1. The minimum absolute atomic E-state index is 0.524. The average Bonchev–Trinajstić information content (AvgIpc) is 2.37. The Labute approximate surface area is 107 Å². The highest BCUT2D eigenvalue weighted by molar-refractivity contribution is 7.99. The fourth-order valence-corrected chi connectivity index (χ4v) is 3.28. The van der Waals surface area contributed by atoms with Crippen molar-refractivity contribution in [2.24, 2.45) is 0 Å². The Morgan fingerprint density at radius 1 is 1.53 bits per heavy atom. The predicted octanol–water partition coefficient (Wildman–Crippen LogP) is 2.50. The summed E-state index contributed by atoms with van der Waals surface area (Å²) in [5.74, 6) is 2.08. The van der Waals surface area contributed by atoms with E-state index in [0.29, 0.717) is 6.04 Å². The molecule has 0 radical (unpaired) electrons. The van der Waals surface area contributed by atoms with Crippen LogP contribution in [0.1, 0.15) is 12.0 Å². The quantitative estimate of drug-likeness (QED) is 0.862. The van der Waals surface area contributed by atoms with Crippen LogP contribution in [0.5, 0.6) is 5.75 Å². The molecule has 0 aliphatic carbocycles. The lowest BCUT2D eigenvalue weighted by Gasteiger charge is -2.29. The van der Waals surface area contributed by atoms with Crippen LogP contribution in [0.4, 0.5) is 5.69 Å². The van der Waals surface area contributed by atoms with Crippen LogP contribution in [0.3, 0.4) is 0 Å². The van der Waals surface area contributed by atoms with E-state index in [1.54, 1.807) is 7.11 Å². The zero-order chi connectivity index (χ0) is 12.3.